The lowest BCUT2D eigenvalue weighted by atomic mass is 10.1. The number of phenolic OH excluding ortho intramolecular Hbond substituents is 1. The molecule has 0 heterocycles. The Balaban J connectivity index is 1.81. The maximum absolute atomic E-state index is 12.9. The molecule has 0 aliphatic rings. The van der Waals surface area contributed by atoms with Crippen molar-refractivity contribution in [2.24, 2.45) is 5.10 Å². The maximum atomic E-state index is 12.9. The normalized spacial score (nSPS) is 11.2. The van der Waals surface area contributed by atoms with Gasteiger partial charge in [0.15, 0.2) is 11.5 Å². The lowest BCUT2D eigenvalue weighted by Gasteiger charge is -2.12. The van der Waals surface area contributed by atoms with Gasteiger partial charge in [0.05, 0.1) is 13.3 Å². The molecular formula is C26H26N4O4. The van der Waals surface area contributed by atoms with Crippen LogP contribution < -0.4 is 20.4 Å². The van der Waals surface area contributed by atoms with Crippen molar-refractivity contribution in [3.63, 3.8) is 0 Å². The van der Waals surface area contributed by atoms with Gasteiger partial charge >= 0.3 is 0 Å². The molecule has 0 fully saturated rings. The molecule has 8 heteroatoms. The van der Waals surface area contributed by atoms with Gasteiger partial charge in [0.2, 0.25) is 0 Å². The third-order valence-electron chi connectivity index (χ3n) is 4.83. The van der Waals surface area contributed by atoms with Crippen molar-refractivity contribution in [3.05, 3.63) is 95.2 Å². The quantitative estimate of drug-likeness (QED) is 0.273. The Bertz CT molecular complexity index is 1200. The summed E-state index contributed by atoms with van der Waals surface area (Å²) in [7, 11) is 5.31. The standard InChI is InChI=1S/C26H26N4O4/c1-30(2)21-12-9-18(10-13-21)15-22(28-25(32)20-7-5-4-6-8-20)26(33)29-27-17-19-11-14-23(31)24(16-19)34-3/h4-17,31H,1-3H3,(H,28,32)(H,29,33)/b22-15-,27-17-. The Morgan fingerprint density at radius 3 is 2.29 bits per heavy atom. The van der Waals surface area contributed by atoms with Crippen molar-refractivity contribution in [2.75, 3.05) is 26.1 Å². The van der Waals surface area contributed by atoms with E-state index < -0.39 is 11.8 Å². The molecule has 0 bridgehead atoms. The van der Waals surface area contributed by atoms with Crippen LogP contribution in [0.15, 0.2) is 83.6 Å². The first-order valence-electron chi connectivity index (χ1n) is 10.4. The van der Waals surface area contributed by atoms with Crippen LogP contribution >= 0.6 is 0 Å². The number of hydrogen-bond donors (Lipinski definition) is 3. The molecule has 3 aromatic rings. The monoisotopic (exact) mass is 458 g/mol. The molecule has 0 unspecified atom stereocenters. The van der Waals surface area contributed by atoms with Gasteiger partial charge in [0.25, 0.3) is 11.8 Å². The number of rotatable bonds is 8. The Morgan fingerprint density at radius 1 is 0.971 bits per heavy atom. The Morgan fingerprint density at radius 2 is 1.65 bits per heavy atom. The van der Waals surface area contributed by atoms with Gasteiger partial charge in [-0.25, -0.2) is 5.43 Å². The second-order valence-electron chi connectivity index (χ2n) is 7.49. The molecule has 3 N–H and O–H groups in total. The van der Waals surface area contributed by atoms with E-state index in [2.05, 4.69) is 15.8 Å². The Labute approximate surface area is 198 Å². The van der Waals surface area contributed by atoms with E-state index in [4.69, 9.17) is 4.74 Å². The first-order valence-corrected chi connectivity index (χ1v) is 10.4. The number of ether oxygens (including phenoxy) is 1. The van der Waals surface area contributed by atoms with Crippen LogP contribution in [0.5, 0.6) is 11.5 Å². The molecule has 3 aromatic carbocycles. The van der Waals surface area contributed by atoms with Gasteiger partial charge in [-0.1, -0.05) is 30.3 Å². The Hall–Kier alpha value is -4.59. The highest BCUT2D eigenvalue weighted by Gasteiger charge is 2.14. The van der Waals surface area contributed by atoms with Crippen molar-refractivity contribution in [1.29, 1.82) is 0 Å². The molecule has 0 aromatic heterocycles. The molecule has 0 saturated carbocycles. The van der Waals surface area contributed by atoms with Crippen LogP contribution in [-0.4, -0.2) is 44.3 Å². The van der Waals surface area contributed by atoms with Gasteiger partial charge in [-0.3, -0.25) is 9.59 Å². The number of carbonyl (C=O) groups excluding carboxylic acids is 2. The van der Waals surface area contributed by atoms with E-state index in [1.807, 2.05) is 43.3 Å². The number of carbonyl (C=O) groups is 2. The number of methoxy groups -OCH3 is 1. The van der Waals surface area contributed by atoms with E-state index in [-0.39, 0.29) is 17.2 Å². The lowest BCUT2D eigenvalue weighted by molar-refractivity contribution is -0.117. The summed E-state index contributed by atoms with van der Waals surface area (Å²) >= 11 is 0. The molecular weight excluding hydrogens is 432 g/mol. The van der Waals surface area contributed by atoms with Gasteiger partial charge in [0.1, 0.15) is 5.70 Å². The highest BCUT2D eigenvalue weighted by atomic mass is 16.5. The third kappa shape index (κ3) is 6.46. The first-order chi connectivity index (χ1) is 16.4. The van der Waals surface area contributed by atoms with Gasteiger partial charge in [-0.15, -0.1) is 0 Å². The summed E-state index contributed by atoms with van der Waals surface area (Å²) in [5, 5.41) is 16.3. The summed E-state index contributed by atoms with van der Waals surface area (Å²) in [4.78, 5) is 27.5. The highest BCUT2D eigenvalue weighted by Crippen LogP contribution is 2.25. The summed E-state index contributed by atoms with van der Waals surface area (Å²) in [5.41, 5.74) is 5.22. The van der Waals surface area contributed by atoms with Crippen molar-refractivity contribution in [2.45, 2.75) is 0 Å². The highest BCUT2D eigenvalue weighted by molar-refractivity contribution is 6.05. The molecule has 0 aliphatic carbocycles. The zero-order valence-electron chi connectivity index (χ0n) is 19.1. The topological polar surface area (TPSA) is 103 Å². The maximum Gasteiger partial charge on any atom is 0.287 e. The molecule has 34 heavy (non-hydrogen) atoms. The summed E-state index contributed by atoms with van der Waals surface area (Å²) < 4.78 is 5.07. The van der Waals surface area contributed by atoms with E-state index in [0.29, 0.717) is 11.1 Å². The molecule has 8 nitrogen and oxygen atoms in total. The lowest BCUT2D eigenvalue weighted by Crippen LogP contribution is -2.32. The predicted octanol–water partition coefficient (Wildman–Crippen LogP) is 3.39. The van der Waals surface area contributed by atoms with Crippen molar-refractivity contribution < 1.29 is 19.4 Å². The second kappa shape index (κ2) is 11.3. The SMILES string of the molecule is COc1cc(/C=N\NC(=O)/C(=C/c2ccc(N(C)C)cc2)NC(=O)c2ccccc2)ccc1O. The number of amides is 2. The van der Waals surface area contributed by atoms with Crippen molar-refractivity contribution in [1.82, 2.24) is 10.7 Å². The molecule has 0 aliphatic heterocycles. The minimum Gasteiger partial charge on any atom is -0.504 e. The van der Waals surface area contributed by atoms with Gasteiger partial charge in [-0.2, -0.15) is 5.10 Å². The number of nitrogens with zero attached hydrogens (tertiary/aromatic N) is 2. The number of phenols is 1. The molecule has 0 saturated heterocycles. The van der Waals surface area contributed by atoms with Crippen LogP contribution in [0.3, 0.4) is 0 Å². The average Bonchev–Trinajstić information content (AvgIpc) is 2.85. The van der Waals surface area contributed by atoms with Crippen LogP contribution in [0.2, 0.25) is 0 Å². The smallest absolute Gasteiger partial charge is 0.287 e. The number of hydrogen-bond acceptors (Lipinski definition) is 6. The molecule has 174 valence electrons. The van der Waals surface area contributed by atoms with E-state index >= 15 is 0 Å². The number of benzene rings is 3. The number of hydrazone groups is 1. The van der Waals surface area contributed by atoms with Crippen molar-refractivity contribution >= 4 is 29.8 Å². The summed E-state index contributed by atoms with van der Waals surface area (Å²) in [6, 6.07) is 20.8. The van der Waals surface area contributed by atoms with E-state index in [0.717, 1.165) is 11.3 Å². The van der Waals surface area contributed by atoms with Crippen LogP contribution in [0.25, 0.3) is 6.08 Å². The van der Waals surface area contributed by atoms with Crippen LogP contribution in [0, 0.1) is 0 Å². The fourth-order valence-electron chi connectivity index (χ4n) is 2.98. The van der Waals surface area contributed by atoms with Gasteiger partial charge < -0.3 is 20.1 Å². The minimum absolute atomic E-state index is 0.00202. The van der Waals surface area contributed by atoms with E-state index in [9.17, 15) is 14.7 Å². The second-order valence-corrected chi connectivity index (χ2v) is 7.49. The number of aromatic hydroxyl groups is 1. The molecule has 0 atom stereocenters. The molecule has 0 radical (unpaired) electrons. The zero-order chi connectivity index (χ0) is 24.5. The predicted molar refractivity (Wildman–Crippen MR) is 133 cm³/mol. The first kappa shape index (κ1) is 24.1. The van der Waals surface area contributed by atoms with Crippen molar-refractivity contribution in [3.8, 4) is 11.5 Å². The van der Waals surface area contributed by atoms with Gasteiger partial charge in [-0.05, 0) is 59.7 Å². The fraction of sp³-hybridized carbons (Fsp3) is 0.115. The van der Waals surface area contributed by atoms with Gasteiger partial charge in [0, 0.05) is 25.3 Å². The number of nitrogens with one attached hydrogen (secondary N) is 2. The molecule has 2 amide bonds. The molecule has 0 spiro atoms. The van der Waals surface area contributed by atoms with Crippen LogP contribution in [0.4, 0.5) is 5.69 Å². The largest absolute Gasteiger partial charge is 0.504 e. The minimum atomic E-state index is -0.594. The van der Waals surface area contributed by atoms with Crippen LogP contribution in [-0.2, 0) is 4.79 Å². The summed E-state index contributed by atoms with van der Waals surface area (Å²) in [6.45, 7) is 0. The van der Waals surface area contributed by atoms with E-state index in [1.54, 1.807) is 48.5 Å². The summed E-state index contributed by atoms with van der Waals surface area (Å²) in [5.74, 6) is -0.730. The zero-order valence-corrected chi connectivity index (χ0v) is 19.1. The van der Waals surface area contributed by atoms with E-state index in [1.165, 1.54) is 19.4 Å². The Kier molecular flexibility index (Phi) is 8.02. The third-order valence-corrected chi connectivity index (χ3v) is 4.83. The van der Waals surface area contributed by atoms with Crippen LogP contribution in [0.1, 0.15) is 21.5 Å². The molecule has 3 rings (SSSR count). The fourth-order valence-corrected chi connectivity index (χ4v) is 2.98. The number of anilines is 1. The average molecular weight is 459 g/mol. The summed E-state index contributed by atoms with van der Waals surface area (Å²) in [6.07, 6.45) is 2.98.